The Bertz CT molecular complexity index is 799. The number of benzene rings is 3. The van der Waals surface area contributed by atoms with Gasteiger partial charge in [0.1, 0.15) is 0 Å². The van der Waals surface area contributed by atoms with E-state index in [4.69, 9.17) is 0 Å². The van der Waals surface area contributed by atoms with E-state index in [-0.39, 0.29) is 5.41 Å². The molecule has 0 fully saturated rings. The molecular formula is C22H22. The molecule has 0 saturated heterocycles. The Labute approximate surface area is 133 Å². The van der Waals surface area contributed by atoms with Crippen LogP contribution in [0.1, 0.15) is 37.5 Å². The highest BCUT2D eigenvalue weighted by atomic mass is 14.2. The molecule has 0 saturated carbocycles. The van der Waals surface area contributed by atoms with Crippen LogP contribution in [0.25, 0.3) is 22.9 Å². The third-order valence-electron chi connectivity index (χ3n) is 4.02. The van der Waals surface area contributed by atoms with E-state index in [0.29, 0.717) is 0 Å². The molecule has 22 heavy (non-hydrogen) atoms. The molecule has 3 aromatic rings. The standard InChI is InChI=1S/C22H22/c1-22(2,3)21-14-11-17(12-15-21)8-9-18-10-13-19-6-4-5-7-20(19)16-18/h4-16H,1-3H3/b9-8+. The molecule has 0 heterocycles. The quantitative estimate of drug-likeness (QED) is 0.484. The van der Waals surface area contributed by atoms with E-state index in [1.54, 1.807) is 0 Å². The normalized spacial score (nSPS) is 12.1. The van der Waals surface area contributed by atoms with Gasteiger partial charge in [-0.2, -0.15) is 0 Å². The number of hydrogen-bond donors (Lipinski definition) is 0. The van der Waals surface area contributed by atoms with Crippen molar-refractivity contribution in [2.75, 3.05) is 0 Å². The molecule has 0 spiro atoms. The topological polar surface area (TPSA) is 0 Å². The SMILES string of the molecule is CC(C)(C)c1ccc(/C=C/c2ccc3ccccc3c2)cc1. The van der Waals surface area contributed by atoms with E-state index >= 15 is 0 Å². The summed E-state index contributed by atoms with van der Waals surface area (Å²) in [5, 5.41) is 2.57. The van der Waals surface area contributed by atoms with E-state index in [0.717, 1.165) is 0 Å². The summed E-state index contributed by atoms with van der Waals surface area (Å²) in [6.45, 7) is 6.73. The average Bonchev–Trinajstić information content (AvgIpc) is 2.52. The number of hydrogen-bond acceptors (Lipinski definition) is 0. The van der Waals surface area contributed by atoms with Crippen molar-refractivity contribution in [1.82, 2.24) is 0 Å². The van der Waals surface area contributed by atoms with Gasteiger partial charge in [-0.05, 0) is 38.9 Å². The Morgan fingerprint density at radius 1 is 0.636 bits per heavy atom. The molecule has 0 aliphatic carbocycles. The van der Waals surface area contributed by atoms with Crippen molar-refractivity contribution in [3.8, 4) is 0 Å². The lowest BCUT2D eigenvalue weighted by Gasteiger charge is -2.18. The Morgan fingerprint density at radius 2 is 1.23 bits per heavy atom. The van der Waals surface area contributed by atoms with Gasteiger partial charge in [0.25, 0.3) is 0 Å². The molecule has 3 rings (SSSR count). The summed E-state index contributed by atoms with van der Waals surface area (Å²) in [5.41, 5.74) is 4.05. The van der Waals surface area contributed by atoms with E-state index in [2.05, 4.69) is 99.7 Å². The second-order valence-corrected chi connectivity index (χ2v) is 6.81. The van der Waals surface area contributed by atoms with Gasteiger partial charge in [0, 0.05) is 0 Å². The maximum atomic E-state index is 2.24. The van der Waals surface area contributed by atoms with Crippen LogP contribution in [0.3, 0.4) is 0 Å². The van der Waals surface area contributed by atoms with Crippen LogP contribution in [0.5, 0.6) is 0 Å². The van der Waals surface area contributed by atoms with Crippen LogP contribution in [0, 0.1) is 0 Å². The van der Waals surface area contributed by atoms with E-state index in [1.807, 2.05) is 0 Å². The first-order valence-corrected chi connectivity index (χ1v) is 7.80. The van der Waals surface area contributed by atoms with Crippen molar-refractivity contribution in [2.24, 2.45) is 0 Å². The van der Waals surface area contributed by atoms with Gasteiger partial charge >= 0.3 is 0 Å². The lowest BCUT2D eigenvalue weighted by atomic mass is 9.87. The van der Waals surface area contributed by atoms with Gasteiger partial charge in [0.15, 0.2) is 0 Å². The van der Waals surface area contributed by atoms with Gasteiger partial charge in [0.05, 0.1) is 0 Å². The van der Waals surface area contributed by atoms with Crippen molar-refractivity contribution >= 4 is 22.9 Å². The summed E-state index contributed by atoms with van der Waals surface area (Å²) in [6, 6.07) is 23.9. The third-order valence-corrected chi connectivity index (χ3v) is 4.02. The molecule has 0 amide bonds. The fourth-order valence-electron chi connectivity index (χ4n) is 2.60. The van der Waals surface area contributed by atoms with Crippen LogP contribution in [-0.4, -0.2) is 0 Å². The van der Waals surface area contributed by atoms with Crippen molar-refractivity contribution in [1.29, 1.82) is 0 Å². The lowest BCUT2D eigenvalue weighted by molar-refractivity contribution is 0.590. The zero-order valence-electron chi connectivity index (χ0n) is 13.5. The summed E-state index contributed by atoms with van der Waals surface area (Å²) in [6.07, 6.45) is 4.36. The Balaban J connectivity index is 1.83. The maximum Gasteiger partial charge on any atom is -0.0132 e. The summed E-state index contributed by atoms with van der Waals surface area (Å²) in [4.78, 5) is 0. The first kappa shape index (κ1) is 14.6. The molecular weight excluding hydrogens is 264 g/mol. The van der Waals surface area contributed by atoms with Crippen LogP contribution in [0.4, 0.5) is 0 Å². The van der Waals surface area contributed by atoms with Crippen LogP contribution in [-0.2, 0) is 5.41 Å². The fraction of sp³-hybridized carbons (Fsp3) is 0.182. The highest BCUT2D eigenvalue weighted by Gasteiger charge is 2.12. The smallest absolute Gasteiger partial charge is 0.0132 e. The molecule has 0 aromatic heterocycles. The Hall–Kier alpha value is -2.34. The summed E-state index contributed by atoms with van der Waals surface area (Å²) in [5.74, 6) is 0. The molecule has 0 atom stereocenters. The Morgan fingerprint density at radius 3 is 1.91 bits per heavy atom. The second kappa shape index (κ2) is 5.81. The Kier molecular flexibility index (Phi) is 3.85. The average molecular weight is 286 g/mol. The van der Waals surface area contributed by atoms with Gasteiger partial charge in [-0.3, -0.25) is 0 Å². The predicted octanol–water partition coefficient (Wildman–Crippen LogP) is 6.31. The van der Waals surface area contributed by atoms with E-state index in [9.17, 15) is 0 Å². The van der Waals surface area contributed by atoms with Crippen molar-refractivity contribution < 1.29 is 0 Å². The molecule has 0 radical (unpaired) electrons. The van der Waals surface area contributed by atoms with E-state index in [1.165, 1.54) is 27.5 Å². The van der Waals surface area contributed by atoms with Gasteiger partial charge < -0.3 is 0 Å². The zero-order valence-corrected chi connectivity index (χ0v) is 13.5. The van der Waals surface area contributed by atoms with Crippen molar-refractivity contribution in [3.63, 3.8) is 0 Å². The maximum absolute atomic E-state index is 2.24. The van der Waals surface area contributed by atoms with Gasteiger partial charge in [-0.25, -0.2) is 0 Å². The zero-order chi connectivity index (χ0) is 15.6. The lowest BCUT2D eigenvalue weighted by Crippen LogP contribution is -2.10. The van der Waals surface area contributed by atoms with Gasteiger partial charge in [-0.15, -0.1) is 0 Å². The molecule has 0 unspecified atom stereocenters. The minimum absolute atomic E-state index is 0.209. The first-order chi connectivity index (χ1) is 10.5. The molecule has 0 N–H and O–H groups in total. The van der Waals surface area contributed by atoms with Gasteiger partial charge in [-0.1, -0.05) is 93.6 Å². The van der Waals surface area contributed by atoms with Crippen LogP contribution < -0.4 is 0 Å². The first-order valence-electron chi connectivity index (χ1n) is 7.80. The second-order valence-electron chi connectivity index (χ2n) is 6.81. The van der Waals surface area contributed by atoms with Crippen LogP contribution >= 0.6 is 0 Å². The minimum Gasteiger partial charge on any atom is -0.0616 e. The fourth-order valence-corrected chi connectivity index (χ4v) is 2.60. The third kappa shape index (κ3) is 3.28. The molecule has 0 nitrogen and oxygen atoms in total. The van der Waals surface area contributed by atoms with E-state index < -0.39 is 0 Å². The molecule has 0 aliphatic rings. The summed E-state index contributed by atoms with van der Waals surface area (Å²) in [7, 11) is 0. The predicted molar refractivity (Wildman–Crippen MR) is 98.0 cm³/mol. The monoisotopic (exact) mass is 286 g/mol. The highest BCUT2D eigenvalue weighted by Crippen LogP contribution is 2.23. The van der Waals surface area contributed by atoms with Crippen LogP contribution in [0.2, 0.25) is 0 Å². The number of fused-ring (bicyclic) bond motifs is 1. The van der Waals surface area contributed by atoms with Crippen LogP contribution in [0.15, 0.2) is 66.7 Å². The van der Waals surface area contributed by atoms with Crippen molar-refractivity contribution in [2.45, 2.75) is 26.2 Å². The molecule has 110 valence electrons. The minimum atomic E-state index is 0.209. The molecule has 0 aliphatic heterocycles. The molecule has 0 bridgehead atoms. The highest BCUT2D eigenvalue weighted by molar-refractivity contribution is 5.85. The van der Waals surface area contributed by atoms with Gasteiger partial charge in [0.2, 0.25) is 0 Å². The summed E-state index contributed by atoms with van der Waals surface area (Å²) >= 11 is 0. The molecule has 0 heteroatoms. The van der Waals surface area contributed by atoms with Crippen molar-refractivity contribution in [3.05, 3.63) is 83.4 Å². The molecule has 3 aromatic carbocycles. The number of rotatable bonds is 2. The largest absolute Gasteiger partial charge is 0.0616 e. The summed E-state index contributed by atoms with van der Waals surface area (Å²) < 4.78 is 0.